The Bertz CT molecular complexity index is 643. The van der Waals surface area contributed by atoms with Gasteiger partial charge in [0.05, 0.1) is 4.90 Å². The van der Waals surface area contributed by atoms with Crippen molar-refractivity contribution in [2.45, 2.75) is 50.1 Å². The van der Waals surface area contributed by atoms with Crippen LogP contribution >= 0.6 is 12.4 Å². The Labute approximate surface area is 137 Å². The van der Waals surface area contributed by atoms with Gasteiger partial charge in [-0.05, 0) is 56.4 Å². The van der Waals surface area contributed by atoms with Crippen molar-refractivity contribution < 1.29 is 12.8 Å². The Morgan fingerprint density at radius 2 is 1.73 bits per heavy atom. The molecular formula is C15H22ClFN2O2S. The van der Waals surface area contributed by atoms with Gasteiger partial charge >= 0.3 is 0 Å². The molecule has 2 aliphatic rings. The van der Waals surface area contributed by atoms with E-state index in [1.165, 1.54) is 12.1 Å². The molecule has 2 atom stereocenters. The average Bonchev–Trinajstić information content (AvgIpc) is 2.74. The van der Waals surface area contributed by atoms with Crippen LogP contribution in [0.2, 0.25) is 0 Å². The minimum atomic E-state index is -3.54. The van der Waals surface area contributed by atoms with Gasteiger partial charge in [0.2, 0.25) is 10.0 Å². The SMILES string of the molecule is Cc1cc(S(=O)(=O)N2CCC3CCC(C2)N3)cc(C)c1F.Cl. The number of hydrogen-bond acceptors (Lipinski definition) is 3. The number of sulfonamides is 1. The molecule has 7 heteroatoms. The lowest BCUT2D eigenvalue weighted by atomic mass is 10.1. The van der Waals surface area contributed by atoms with Gasteiger partial charge in [0.1, 0.15) is 5.82 Å². The van der Waals surface area contributed by atoms with Crippen LogP contribution in [0, 0.1) is 19.7 Å². The predicted octanol–water partition coefficient (Wildman–Crippen LogP) is 2.38. The number of fused-ring (bicyclic) bond motifs is 2. The zero-order valence-electron chi connectivity index (χ0n) is 12.8. The molecule has 0 aliphatic carbocycles. The number of aryl methyl sites for hydroxylation is 2. The van der Waals surface area contributed by atoms with Crippen LogP contribution in [-0.4, -0.2) is 37.9 Å². The number of benzene rings is 1. The van der Waals surface area contributed by atoms with E-state index in [1.807, 2.05) is 0 Å². The Kier molecular flexibility index (Phi) is 5.16. The first-order valence-corrected chi connectivity index (χ1v) is 8.85. The van der Waals surface area contributed by atoms with E-state index in [9.17, 15) is 12.8 Å². The molecule has 124 valence electrons. The Hall–Kier alpha value is -0.690. The van der Waals surface area contributed by atoms with Gasteiger partial charge < -0.3 is 5.32 Å². The van der Waals surface area contributed by atoms with Crippen molar-refractivity contribution in [3.63, 3.8) is 0 Å². The van der Waals surface area contributed by atoms with E-state index in [-0.39, 0.29) is 29.2 Å². The quantitative estimate of drug-likeness (QED) is 0.892. The minimum Gasteiger partial charge on any atom is -0.310 e. The summed E-state index contributed by atoms with van der Waals surface area (Å²) in [7, 11) is -3.54. The van der Waals surface area contributed by atoms with Gasteiger partial charge in [0, 0.05) is 25.2 Å². The summed E-state index contributed by atoms with van der Waals surface area (Å²) in [5, 5.41) is 3.47. The van der Waals surface area contributed by atoms with Crippen molar-refractivity contribution in [2.24, 2.45) is 0 Å². The molecule has 2 heterocycles. The first kappa shape index (κ1) is 17.7. The zero-order chi connectivity index (χ0) is 15.2. The minimum absolute atomic E-state index is 0. The molecule has 1 aromatic carbocycles. The largest absolute Gasteiger partial charge is 0.310 e. The van der Waals surface area contributed by atoms with Gasteiger partial charge in [0.25, 0.3) is 0 Å². The van der Waals surface area contributed by atoms with Crippen LogP contribution in [0.15, 0.2) is 17.0 Å². The molecule has 2 aliphatic heterocycles. The zero-order valence-corrected chi connectivity index (χ0v) is 14.4. The molecule has 0 aromatic heterocycles. The van der Waals surface area contributed by atoms with Gasteiger partial charge in [-0.3, -0.25) is 0 Å². The molecule has 2 bridgehead atoms. The molecule has 22 heavy (non-hydrogen) atoms. The molecule has 0 saturated carbocycles. The van der Waals surface area contributed by atoms with Crippen molar-refractivity contribution in [2.75, 3.05) is 13.1 Å². The summed E-state index contributed by atoms with van der Waals surface area (Å²) in [4.78, 5) is 0.205. The van der Waals surface area contributed by atoms with Crippen LogP contribution in [0.25, 0.3) is 0 Å². The highest BCUT2D eigenvalue weighted by Crippen LogP contribution is 2.26. The average molecular weight is 349 g/mol. The summed E-state index contributed by atoms with van der Waals surface area (Å²) in [6.45, 7) is 4.25. The summed E-state index contributed by atoms with van der Waals surface area (Å²) in [5.74, 6) is -0.328. The smallest absolute Gasteiger partial charge is 0.243 e. The van der Waals surface area contributed by atoms with E-state index >= 15 is 0 Å². The molecular weight excluding hydrogens is 327 g/mol. The van der Waals surface area contributed by atoms with Crippen LogP contribution in [-0.2, 0) is 10.0 Å². The van der Waals surface area contributed by atoms with E-state index in [0.29, 0.717) is 30.3 Å². The van der Waals surface area contributed by atoms with Gasteiger partial charge in [-0.1, -0.05) is 0 Å². The van der Waals surface area contributed by atoms with Crippen LogP contribution in [0.5, 0.6) is 0 Å². The van der Waals surface area contributed by atoms with E-state index in [1.54, 1.807) is 18.2 Å². The standard InChI is InChI=1S/C15H21FN2O2S.ClH/c1-10-7-14(8-11(2)15(10)16)21(19,20)18-6-5-12-3-4-13(9-18)17-12;/h7-8,12-13,17H,3-6,9H2,1-2H3;1H. The molecule has 0 radical (unpaired) electrons. The Morgan fingerprint density at radius 3 is 2.36 bits per heavy atom. The Morgan fingerprint density at radius 1 is 1.14 bits per heavy atom. The van der Waals surface area contributed by atoms with E-state index in [4.69, 9.17) is 0 Å². The van der Waals surface area contributed by atoms with Crippen LogP contribution in [0.3, 0.4) is 0 Å². The fourth-order valence-electron chi connectivity index (χ4n) is 3.33. The summed E-state index contributed by atoms with van der Waals surface area (Å²) >= 11 is 0. The summed E-state index contributed by atoms with van der Waals surface area (Å²) in [6.07, 6.45) is 3.00. The third-order valence-electron chi connectivity index (χ3n) is 4.53. The fraction of sp³-hybridized carbons (Fsp3) is 0.600. The van der Waals surface area contributed by atoms with Crippen molar-refractivity contribution in [3.8, 4) is 0 Å². The highest BCUT2D eigenvalue weighted by atomic mass is 35.5. The van der Waals surface area contributed by atoms with Gasteiger partial charge in [-0.15, -0.1) is 12.4 Å². The topological polar surface area (TPSA) is 49.4 Å². The molecule has 1 aromatic rings. The molecule has 2 saturated heterocycles. The van der Waals surface area contributed by atoms with Crippen LogP contribution in [0.1, 0.15) is 30.4 Å². The van der Waals surface area contributed by atoms with Crippen molar-refractivity contribution in [3.05, 3.63) is 29.1 Å². The van der Waals surface area contributed by atoms with E-state index in [2.05, 4.69) is 5.32 Å². The highest BCUT2D eigenvalue weighted by Gasteiger charge is 2.35. The number of nitrogens with one attached hydrogen (secondary N) is 1. The number of halogens is 2. The molecule has 2 fully saturated rings. The van der Waals surface area contributed by atoms with Gasteiger partial charge in [0.15, 0.2) is 0 Å². The lowest BCUT2D eigenvalue weighted by Gasteiger charge is -2.24. The number of hydrogen-bond donors (Lipinski definition) is 1. The molecule has 3 rings (SSSR count). The van der Waals surface area contributed by atoms with Crippen molar-refractivity contribution in [1.29, 1.82) is 0 Å². The maximum Gasteiger partial charge on any atom is 0.243 e. The summed E-state index contributed by atoms with van der Waals surface area (Å²) < 4.78 is 40.9. The summed E-state index contributed by atoms with van der Waals surface area (Å²) in [6, 6.07) is 3.56. The molecule has 2 unspecified atom stereocenters. The van der Waals surface area contributed by atoms with E-state index < -0.39 is 10.0 Å². The number of rotatable bonds is 2. The third-order valence-corrected chi connectivity index (χ3v) is 6.38. The number of nitrogens with zero attached hydrogens (tertiary/aromatic N) is 1. The Balaban J connectivity index is 0.00000176. The predicted molar refractivity (Wildman–Crippen MR) is 86.4 cm³/mol. The second kappa shape index (κ2) is 6.43. The van der Waals surface area contributed by atoms with Crippen LogP contribution in [0.4, 0.5) is 4.39 Å². The van der Waals surface area contributed by atoms with Crippen molar-refractivity contribution >= 4 is 22.4 Å². The molecule has 0 amide bonds. The normalized spacial score (nSPS) is 25.6. The first-order valence-electron chi connectivity index (χ1n) is 7.41. The molecule has 1 N–H and O–H groups in total. The maximum absolute atomic E-state index is 13.7. The monoisotopic (exact) mass is 348 g/mol. The highest BCUT2D eigenvalue weighted by molar-refractivity contribution is 7.89. The molecule has 4 nitrogen and oxygen atoms in total. The van der Waals surface area contributed by atoms with Gasteiger partial charge in [-0.2, -0.15) is 4.31 Å². The van der Waals surface area contributed by atoms with Gasteiger partial charge in [-0.25, -0.2) is 12.8 Å². The second-order valence-corrected chi connectivity index (χ2v) is 8.10. The maximum atomic E-state index is 13.7. The lowest BCUT2D eigenvalue weighted by Crippen LogP contribution is -2.39. The molecule has 0 spiro atoms. The summed E-state index contributed by atoms with van der Waals surface area (Å²) in [5.41, 5.74) is 0.756. The van der Waals surface area contributed by atoms with E-state index in [0.717, 1.165) is 19.3 Å². The van der Waals surface area contributed by atoms with Crippen molar-refractivity contribution in [1.82, 2.24) is 9.62 Å². The third kappa shape index (κ3) is 3.15. The second-order valence-electron chi connectivity index (χ2n) is 6.16. The fourth-order valence-corrected chi connectivity index (χ4v) is 5.00. The lowest BCUT2D eigenvalue weighted by molar-refractivity contribution is 0.383. The van der Waals surface area contributed by atoms with Crippen LogP contribution < -0.4 is 5.32 Å². The first-order chi connectivity index (χ1) is 9.88.